The van der Waals surface area contributed by atoms with Crippen molar-refractivity contribution >= 4 is 17.2 Å². The number of thiophene rings is 1. The number of carbonyl (C=O) groups excluding carboxylic acids is 1. The molecule has 0 bridgehead atoms. The number of ether oxygens (including phenoxy) is 1. The van der Waals surface area contributed by atoms with Gasteiger partial charge in [-0.05, 0) is 25.6 Å². The van der Waals surface area contributed by atoms with Crippen LogP contribution in [-0.4, -0.2) is 48.3 Å². The monoisotopic (exact) mass is 313 g/mol. The van der Waals surface area contributed by atoms with Crippen LogP contribution in [-0.2, 0) is 11.3 Å². The van der Waals surface area contributed by atoms with Gasteiger partial charge in [-0.15, -0.1) is 11.3 Å². The van der Waals surface area contributed by atoms with Crippen LogP contribution in [0.2, 0.25) is 0 Å². The highest BCUT2D eigenvalue weighted by molar-refractivity contribution is 7.14. The van der Waals surface area contributed by atoms with Gasteiger partial charge in [0.1, 0.15) is 0 Å². The van der Waals surface area contributed by atoms with Crippen molar-refractivity contribution in [1.82, 2.24) is 10.3 Å². The molecule has 118 valence electrons. The van der Waals surface area contributed by atoms with E-state index in [9.17, 15) is 9.90 Å². The second-order valence-corrected chi connectivity index (χ2v) is 6.93. The Morgan fingerprint density at radius 1 is 1.57 bits per heavy atom. The van der Waals surface area contributed by atoms with Crippen LogP contribution in [0.4, 0.5) is 0 Å². The van der Waals surface area contributed by atoms with Crippen LogP contribution < -0.4 is 11.3 Å². The molecule has 1 saturated heterocycles. The zero-order valence-corrected chi connectivity index (χ0v) is 13.3. The summed E-state index contributed by atoms with van der Waals surface area (Å²) in [6, 6.07) is 1.87. The first-order chi connectivity index (χ1) is 9.93. The molecule has 21 heavy (non-hydrogen) atoms. The molecule has 2 rings (SSSR count). The number of hydrazine groups is 1. The van der Waals surface area contributed by atoms with E-state index in [1.165, 1.54) is 11.3 Å². The number of carbonyl (C=O) groups is 1. The van der Waals surface area contributed by atoms with Gasteiger partial charge in [0.05, 0.1) is 10.5 Å². The molecule has 0 radical (unpaired) electrons. The summed E-state index contributed by atoms with van der Waals surface area (Å²) in [5.41, 5.74) is 2.57. The number of hydrogen-bond donors (Lipinski definition) is 3. The Morgan fingerprint density at radius 3 is 2.86 bits per heavy atom. The van der Waals surface area contributed by atoms with E-state index in [1.807, 2.05) is 20.0 Å². The fourth-order valence-electron chi connectivity index (χ4n) is 2.62. The molecule has 0 atom stereocenters. The second kappa shape index (κ2) is 6.85. The van der Waals surface area contributed by atoms with Crippen molar-refractivity contribution in [3.63, 3.8) is 0 Å². The van der Waals surface area contributed by atoms with E-state index in [0.717, 1.165) is 10.4 Å². The number of hydrogen-bond acceptors (Lipinski definition) is 6. The minimum atomic E-state index is -0.672. The van der Waals surface area contributed by atoms with Crippen LogP contribution in [0.15, 0.2) is 6.07 Å². The number of rotatable bonds is 5. The molecule has 0 aliphatic carbocycles. The van der Waals surface area contributed by atoms with Gasteiger partial charge in [0.2, 0.25) is 0 Å². The molecule has 1 aromatic heterocycles. The first kappa shape index (κ1) is 16.4. The predicted molar refractivity (Wildman–Crippen MR) is 82.0 cm³/mol. The van der Waals surface area contributed by atoms with Gasteiger partial charge in [-0.2, -0.15) is 0 Å². The van der Waals surface area contributed by atoms with Crippen LogP contribution in [0.1, 0.15) is 33.0 Å². The largest absolute Gasteiger partial charge is 0.388 e. The zero-order valence-electron chi connectivity index (χ0n) is 12.5. The van der Waals surface area contributed by atoms with Gasteiger partial charge >= 0.3 is 0 Å². The normalized spacial score (nSPS) is 18.0. The van der Waals surface area contributed by atoms with Crippen LogP contribution in [0, 0.1) is 6.92 Å². The molecular weight excluding hydrogens is 290 g/mol. The Balaban J connectivity index is 1.97. The van der Waals surface area contributed by atoms with Crippen molar-refractivity contribution in [2.24, 2.45) is 5.84 Å². The lowest BCUT2D eigenvalue weighted by Gasteiger charge is -2.35. The Labute approximate surface area is 128 Å². The third kappa shape index (κ3) is 4.24. The number of nitrogen functional groups attached to an aromatic ring is 1. The molecule has 6 nitrogen and oxygen atoms in total. The lowest BCUT2D eigenvalue weighted by Crippen LogP contribution is -2.45. The quantitative estimate of drug-likeness (QED) is 0.422. The molecule has 1 fully saturated rings. The average Bonchev–Trinajstić information content (AvgIpc) is 2.79. The van der Waals surface area contributed by atoms with Gasteiger partial charge in [-0.3, -0.25) is 15.1 Å². The van der Waals surface area contributed by atoms with Crippen LogP contribution >= 0.6 is 11.3 Å². The van der Waals surface area contributed by atoms with Gasteiger partial charge in [0, 0.05) is 44.0 Å². The summed E-state index contributed by atoms with van der Waals surface area (Å²) in [7, 11) is 1.98. The highest BCUT2D eigenvalue weighted by Gasteiger charge is 2.31. The molecule has 0 unspecified atom stereocenters. The van der Waals surface area contributed by atoms with Crippen molar-refractivity contribution < 1.29 is 14.6 Å². The average molecular weight is 313 g/mol. The van der Waals surface area contributed by atoms with Crippen LogP contribution in [0.5, 0.6) is 0 Å². The fourth-order valence-corrected chi connectivity index (χ4v) is 3.56. The molecular formula is C14H23N3O3S. The van der Waals surface area contributed by atoms with E-state index in [4.69, 9.17) is 10.6 Å². The van der Waals surface area contributed by atoms with Crippen molar-refractivity contribution in [2.75, 3.05) is 26.8 Å². The van der Waals surface area contributed by atoms with E-state index in [1.54, 1.807) is 0 Å². The number of nitrogens with zero attached hydrogens (tertiary/aromatic N) is 1. The summed E-state index contributed by atoms with van der Waals surface area (Å²) in [6.07, 6.45) is 1.33. The fraction of sp³-hybridized carbons (Fsp3) is 0.643. The van der Waals surface area contributed by atoms with E-state index >= 15 is 0 Å². The van der Waals surface area contributed by atoms with E-state index < -0.39 is 5.60 Å². The molecule has 1 aromatic rings. The lowest BCUT2D eigenvalue weighted by molar-refractivity contribution is -0.0777. The van der Waals surface area contributed by atoms with Gasteiger partial charge in [0.25, 0.3) is 5.91 Å². The number of likely N-dealkylation sites (N-methyl/N-ethyl adjacent to an activating group) is 1. The van der Waals surface area contributed by atoms with Crippen molar-refractivity contribution in [3.05, 3.63) is 21.4 Å². The molecule has 1 aliphatic rings. The number of aliphatic hydroxyl groups is 1. The Bertz CT molecular complexity index is 498. The Hall–Kier alpha value is -0.990. The summed E-state index contributed by atoms with van der Waals surface area (Å²) in [6.45, 7) is 4.52. The number of aryl methyl sites for hydroxylation is 1. The van der Waals surface area contributed by atoms with Gasteiger partial charge in [-0.25, -0.2) is 5.84 Å². The third-order valence-electron chi connectivity index (χ3n) is 3.80. The van der Waals surface area contributed by atoms with Gasteiger partial charge in [-0.1, -0.05) is 0 Å². The van der Waals surface area contributed by atoms with E-state index in [2.05, 4.69) is 10.3 Å². The highest BCUT2D eigenvalue weighted by atomic mass is 32.1. The van der Waals surface area contributed by atoms with Crippen molar-refractivity contribution in [2.45, 2.75) is 31.9 Å². The summed E-state index contributed by atoms with van der Waals surface area (Å²) in [4.78, 5) is 15.3. The zero-order chi connectivity index (χ0) is 15.5. The lowest BCUT2D eigenvalue weighted by atomic mass is 9.94. The Kier molecular flexibility index (Phi) is 5.34. The topological polar surface area (TPSA) is 87.8 Å². The van der Waals surface area contributed by atoms with E-state index in [0.29, 0.717) is 44.0 Å². The molecule has 1 amide bonds. The molecule has 2 heterocycles. The summed E-state index contributed by atoms with van der Waals surface area (Å²) >= 11 is 1.43. The SMILES string of the molecule is Cc1sc(C(=O)NN)cc1CN(C)CC1(O)CCOCC1. The number of nitrogens with one attached hydrogen (secondary N) is 1. The number of nitrogens with two attached hydrogens (primary N) is 1. The van der Waals surface area contributed by atoms with Crippen molar-refractivity contribution in [1.29, 1.82) is 0 Å². The second-order valence-electron chi connectivity index (χ2n) is 5.67. The standard InChI is InChI=1S/C14H23N3O3S/c1-10-11(7-12(21-10)13(18)16-15)8-17(2)9-14(19)3-5-20-6-4-14/h7,19H,3-6,8-9,15H2,1-2H3,(H,16,18). The first-order valence-corrected chi connectivity index (χ1v) is 7.84. The maximum absolute atomic E-state index is 11.5. The summed E-state index contributed by atoms with van der Waals surface area (Å²) in [5.74, 6) is 4.89. The van der Waals surface area contributed by atoms with Crippen LogP contribution in [0.25, 0.3) is 0 Å². The van der Waals surface area contributed by atoms with Gasteiger partial charge in [0.15, 0.2) is 0 Å². The molecule has 0 aromatic carbocycles. The van der Waals surface area contributed by atoms with Crippen LogP contribution in [0.3, 0.4) is 0 Å². The molecule has 1 aliphatic heterocycles. The Morgan fingerprint density at radius 2 is 2.24 bits per heavy atom. The minimum absolute atomic E-state index is 0.264. The predicted octanol–water partition coefficient (Wildman–Crippen LogP) is 0.633. The maximum Gasteiger partial charge on any atom is 0.275 e. The van der Waals surface area contributed by atoms with E-state index in [-0.39, 0.29) is 5.91 Å². The minimum Gasteiger partial charge on any atom is -0.388 e. The smallest absolute Gasteiger partial charge is 0.275 e. The highest BCUT2D eigenvalue weighted by Crippen LogP contribution is 2.25. The third-order valence-corrected chi connectivity index (χ3v) is 4.90. The van der Waals surface area contributed by atoms with Gasteiger partial charge < -0.3 is 9.84 Å². The molecule has 7 heteroatoms. The maximum atomic E-state index is 11.5. The molecule has 0 spiro atoms. The molecule has 0 saturated carbocycles. The summed E-state index contributed by atoms with van der Waals surface area (Å²) in [5, 5.41) is 10.5. The number of amides is 1. The first-order valence-electron chi connectivity index (χ1n) is 7.02. The molecule has 4 N–H and O–H groups in total. The summed E-state index contributed by atoms with van der Waals surface area (Å²) < 4.78 is 5.29. The van der Waals surface area contributed by atoms with Crippen molar-refractivity contribution in [3.8, 4) is 0 Å².